The lowest BCUT2D eigenvalue weighted by Crippen LogP contribution is -2.31. The van der Waals surface area contributed by atoms with Crippen molar-refractivity contribution in [1.29, 1.82) is 0 Å². The molecular formula is C11H8ClNO4. The first-order valence-electron chi connectivity index (χ1n) is 4.78. The Bertz CT molecular complexity index is 512. The van der Waals surface area contributed by atoms with E-state index in [0.717, 1.165) is 0 Å². The van der Waals surface area contributed by atoms with Gasteiger partial charge < -0.3 is 9.84 Å². The highest BCUT2D eigenvalue weighted by atomic mass is 35.5. The Balaban J connectivity index is 2.30. The molecule has 0 fully saturated rings. The third-order valence-electron chi connectivity index (χ3n) is 2.26. The number of halogens is 1. The summed E-state index contributed by atoms with van der Waals surface area (Å²) in [5.74, 6) is -1.11. The van der Waals surface area contributed by atoms with E-state index in [1.54, 1.807) is 0 Å². The molecule has 1 heterocycles. The number of nitrogens with zero attached hydrogens (tertiary/aromatic N) is 1. The number of ketones is 1. The molecule has 5 nitrogen and oxygen atoms in total. The molecule has 1 atom stereocenters. The molecule has 0 saturated carbocycles. The summed E-state index contributed by atoms with van der Waals surface area (Å²) in [6.07, 6.45) is 0.522. The minimum atomic E-state index is -1.04. The third kappa shape index (κ3) is 2.29. The molecule has 0 spiro atoms. The summed E-state index contributed by atoms with van der Waals surface area (Å²) in [6.45, 7) is 0. The molecule has 2 rings (SSSR count). The number of carbonyl (C=O) groups excluding carboxylic acids is 1. The van der Waals surface area contributed by atoms with Gasteiger partial charge in [0.2, 0.25) is 0 Å². The first-order valence-corrected chi connectivity index (χ1v) is 5.32. The molecule has 0 bridgehead atoms. The molecule has 1 N–H and O–H groups in total. The van der Waals surface area contributed by atoms with Gasteiger partial charge in [-0.3, -0.25) is 9.79 Å². The van der Waals surface area contributed by atoms with Gasteiger partial charge in [0.15, 0.2) is 11.9 Å². The number of carbonyl (C=O) groups is 2. The Morgan fingerprint density at radius 2 is 2.24 bits per heavy atom. The highest BCUT2D eigenvalue weighted by Crippen LogP contribution is 2.32. The maximum Gasteiger partial charge on any atom is 0.335 e. The van der Waals surface area contributed by atoms with Crippen LogP contribution in [0.2, 0.25) is 0 Å². The average Bonchev–Trinajstić information content (AvgIpc) is 2.36. The Morgan fingerprint density at radius 1 is 1.47 bits per heavy atom. The van der Waals surface area contributed by atoms with Gasteiger partial charge in [0, 0.05) is 0 Å². The van der Waals surface area contributed by atoms with Crippen molar-refractivity contribution in [3.8, 4) is 5.75 Å². The summed E-state index contributed by atoms with van der Waals surface area (Å²) >= 11 is 5.41. The van der Waals surface area contributed by atoms with Crippen LogP contribution in [-0.2, 0) is 4.79 Å². The van der Waals surface area contributed by atoms with E-state index < -0.39 is 12.1 Å². The van der Waals surface area contributed by atoms with E-state index in [4.69, 9.17) is 21.4 Å². The molecule has 0 amide bonds. The van der Waals surface area contributed by atoms with Crippen LogP contribution >= 0.6 is 11.6 Å². The van der Waals surface area contributed by atoms with E-state index in [1.807, 2.05) is 0 Å². The van der Waals surface area contributed by atoms with E-state index in [-0.39, 0.29) is 17.2 Å². The summed E-state index contributed by atoms with van der Waals surface area (Å²) in [7, 11) is 0. The summed E-state index contributed by atoms with van der Waals surface area (Å²) in [5.41, 5.74) is 0.509. The van der Waals surface area contributed by atoms with Gasteiger partial charge in [0.05, 0.1) is 17.7 Å². The number of aromatic carboxylic acids is 1. The van der Waals surface area contributed by atoms with E-state index in [1.165, 1.54) is 24.4 Å². The zero-order chi connectivity index (χ0) is 12.4. The maximum atomic E-state index is 11.3. The van der Waals surface area contributed by atoms with Crippen molar-refractivity contribution in [1.82, 2.24) is 0 Å². The van der Waals surface area contributed by atoms with Crippen LogP contribution in [0.4, 0.5) is 5.69 Å². The standard InChI is InChI=1S/C11H8ClNO4/c12-4-8(14)10-5-13-7-3-6(11(15)16)1-2-9(7)17-10/h1-3,5,10H,4H2,(H,15,16). The maximum absolute atomic E-state index is 11.3. The molecule has 1 unspecified atom stereocenters. The monoisotopic (exact) mass is 253 g/mol. The highest BCUT2D eigenvalue weighted by Gasteiger charge is 2.22. The van der Waals surface area contributed by atoms with Crippen LogP contribution in [0.1, 0.15) is 10.4 Å². The van der Waals surface area contributed by atoms with Crippen LogP contribution in [0.5, 0.6) is 5.75 Å². The minimum absolute atomic E-state index is 0.117. The Hall–Kier alpha value is -1.88. The zero-order valence-electron chi connectivity index (χ0n) is 8.59. The van der Waals surface area contributed by atoms with Crippen LogP contribution in [0, 0.1) is 0 Å². The average molecular weight is 254 g/mol. The number of Topliss-reactive ketones (excluding diaryl/α,β-unsaturated/α-hetero) is 1. The number of hydrogen-bond acceptors (Lipinski definition) is 4. The first-order chi connectivity index (χ1) is 8.11. The largest absolute Gasteiger partial charge is 0.478 e. The molecule has 0 saturated heterocycles. The third-order valence-corrected chi connectivity index (χ3v) is 2.52. The van der Waals surface area contributed by atoms with Gasteiger partial charge in [-0.15, -0.1) is 11.6 Å². The molecule has 1 aliphatic heterocycles. The predicted octanol–water partition coefficient (Wildman–Crippen LogP) is 1.66. The predicted molar refractivity (Wildman–Crippen MR) is 61.7 cm³/mol. The van der Waals surface area contributed by atoms with Gasteiger partial charge in [-0.1, -0.05) is 0 Å². The Morgan fingerprint density at radius 3 is 2.88 bits per heavy atom. The normalized spacial score (nSPS) is 17.1. The molecule has 0 radical (unpaired) electrons. The summed E-state index contributed by atoms with van der Waals surface area (Å²) in [5, 5.41) is 8.80. The topological polar surface area (TPSA) is 76.0 Å². The van der Waals surface area contributed by atoms with Gasteiger partial charge in [0.25, 0.3) is 0 Å². The van der Waals surface area contributed by atoms with Gasteiger partial charge in [0.1, 0.15) is 11.4 Å². The van der Waals surface area contributed by atoms with Crippen molar-refractivity contribution in [3.05, 3.63) is 23.8 Å². The summed E-state index contributed by atoms with van der Waals surface area (Å²) < 4.78 is 5.34. The molecule has 17 heavy (non-hydrogen) atoms. The molecular weight excluding hydrogens is 246 g/mol. The van der Waals surface area contributed by atoms with E-state index in [9.17, 15) is 9.59 Å². The fourth-order valence-corrected chi connectivity index (χ4v) is 1.54. The lowest BCUT2D eigenvalue weighted by atomic mass is 10.1. The second-order valence-electron chi connectivity index (χ2n) is 3.40. The lowest BCUT2D eigenvalue weighted by Gasteiger charge is -2.18. The molecule has 1 aromatic carbocycles. The first kappa shape index (κ1) is 11.6. The summed E-state index contributed by atoms with van der Waals surface area (Å²) in [6, 6.07) is 4.25. The molecule has 1 aliphatic rings. The van der Waals surface area contributed by atoms with Crippen molar-refractivity contribution >= 4 is 35.3 Å². The molecule has 6 heteroatoms. The molecule has 88 valence electrons. The number of carboxylic acids is 1. The zero-order valence-corrected chi connectivity index (χ0v) is 9.35. The van der Waals surface area contributed by atoms with E-state index in [0.29, 0.717) is 11.4 Å². The molecule has 1 aromatic rings. The number of carboxylic acid groups (broad SMARTS) is 1. The van der Waals surface area contributed by atoms with Gasteiger partial charge in [-0.2, -0.15) is 0 Å². The molecule has 0 aromatic heterocycles. The highest BCUT2D eigenvalue weighted by molar-refractivity contribution is 6.29. The number of fused-ring (bicyclic) bond motifs is 1. The smallest absolute Gasteiger partial charge is 0.335 e. The van der Waals surface area contributed by atoms with Crippen LogP contribution in [-0.4, -0.2) is 35.1 Å². The quantitative estimate of drug-likeness (QED) is 0.831. The van der Waals surface area contributed by atoms with Crippen LogP contribution in [0.15, 0.2) is 23.2 Å². The number of benzene rings is 1. The van der Waals surface area contributed by atoms with Crippen molar-refractivity contribution < 1.29 is 19.4 Å². The fraction of sp³-hybridized carbons (Fsp3) is 0.182. The lowest BCUT2D eigenvalue weighted by molar-refractivity contribution is -0.120. The van der Waals surface area contributed by atoms with E-state index >= 15 is 0 Å². The van der Waals surface area contributed by atoms with Crippen molar-refractivity contribution in [3.63, 3.8) is 0 Å². The minimum Gasteiger partial charge on any atom is -0.478 e. The van der Waals surface area contributed by atoms with E-state index in [2.05, 4.69) is 4.99 Å². The van der Waals surface area contributed by atoms with Gasteiger partial charge >= 0.3 is 5.97 Å². The Labute approximate surface area is 102 Å². The number of ether oxygens (including phenoxy) is 1. The number of hydrogen-bond donors (Lipinski definition) is 1. The van der Waals surface area contributed by atoms with Crippen molar-refractivity contribution in [2.24, 2.45) is 4.99 Å². The number of rotatable bonds is 3. The fourth-order valence-electron chi connectivity index (χ4n) is 1.39. The Kier molecular flexibility index (Phi) is 3.10. The molecule has 0 aliphatic carbocycles. The van der Waals surface area contributed by atoms with Crippen LogP contribution in [0.3, 0.4) is 0 Å². The second-order valence-corrected chi connectivity index (χ2v) is 3.67. The number of aliphatic imine (C=N–C) groups is 1. The van der Waals surface area contributed by atoms with Crippen LogP contribution < -0.4 is 4.74 Å². The SMILES string of the molecule is O=C(O)c1ccc2c(c1)N=CC(C(=O)CCl)O2. The van der Waals surface area contributed by atoms with Crippen molar-refractivity contribution in [2.45, 2.75) is 6.10 Å². The second kappa shape index (κ2) is 4.55. The van der Waals surface area contributed by atoms with Gasteiger partial charge in [-0.05, 0) is 18.2 Å². The number of alkyl halides is 1. The van der Waals surface area contributed by atoms with Gasteiger partial charge in [-0.25, -0.2) is 4.79 Å². The summed E-state index contributed by atoms with van der Waals surface area (Å²) in [4.78, 5) is 26.0. The van der Waals surface area contributed by atoms with Crippen molar-refractivity contribution in [2.75, 3.05) is 5.88 Å². The van der Waals surface area contributed by atoms with Crippen LogP contribution in [0.25, 0.3) is 0 Å².